The number of nitrogens with zero attached hydrogens (tertiary/aromatic N) is 6. The second-order valence-electron chi connectivity index (χ2n) is 9.88. The van der Waals surface area contributed by atoms with E-state index in [4.69, 9.17) is 9.51 Å². The van der Waals surface area contributed by atoms with Crippen molar-refractivity contribution in [2.45, 2.75) is 52.2 Å². The molecule has 164 valence electrons. The molecule has 0 saturated carbocycles. The summed E-state index contributed by atoms with van der Waals surface area (Å²) in [4.78, 5) is 34.7. The Bertz CT molecular complexity index is 1190. The van der Waals surface area contributed by atoms with Crippen molar-refractivity contribution >= 4 is 22.9 Å². The first-order chi connectivity index (χ1) is 14.7. The number of hydrogen-bond donors (Lipinski definition) is 0. The molecule has 1 amide bonds. The molecule has 3 saturated heterocycles. The van der Waals surface area contributed by atoms with Gasteiger partial charge in [0.2, 0.25) is 0 Å². The zero-order valence-corrected chi connectivity index (χ0v) is 18.4. The van der Waals surface area contributed by atoms with E-state index in [9.17, 15) is 9.59 Å². The third-order valence-corrected chi connectivity index (χ3v) is 6.34. The van der Waals surface area contributed by atoms with Gasteiger partial charge < -0.3 is 14.3 Å². The van der Waals surface area contributed by atoms with E-state index in [-0.39, 0.29) is 29.1 Å². The maximum atomic E-state index is 12.8. The molecule has 0 aliphatic carbocycles. The summed E-state index contributed by atoms with van der Waals surface area (Å²) in [7, 11) is 1.78. The van der Waals surface area contributed by atoms with Crippen LogP contribution >= 0.6 is 0 Å². The smallest absolute Gasteiger partial charge is 0.330 e. The van der Waals surface area contributed by atoms with Crippen LogP contribution in [0.3, 0.4) is 0 Å². The van der Waals surface area contributed by atoms with Crippen molar-refractivity contribution in [3.63, 3.8) is 0 Å². The third-order valence-electron chi connectivity index (χ3n) is 6.34. The molecule has 2 bridgehead atoms. The van der Waals surface area contributed by atoms with Gasteiger partial charge in [0.15, 0.2) is 11.3 Å². The molecule has 6 heterocycles. The maximum absolute atomic E-state index is 12.8. The normalized spacial score (nSPS) is 21.3. The van der Waals surface area contributed by atoms with E-state index in [1.807, 2.05) is 21.6 Å². The molecular formula is C22H28N6O3. The Morgan fingerprint density at radius 1 is 1.16 bits per heavy atom. The Hall–Kier alpha value is -3.10. The highest BCUT2D eigenvalue weighted by Crippen LogP contribution is 2.33. The number of aromatic nitrogens is 4. The van der Waals surface area contributed by atoms with Gasteiger partial charge in [-0.3, -0.25) is 13.9 Å². The van der Waals surface area contributed by atoms with Gasteiger partial charge in [-0.1, -0.05) is 25.9 Å². The van der Waals surface area contributed by atoms with Gasteiger partial charge in [-0.2, -0.15) is 0 Å². The van der Waals surface area contributed by atoms with Crippen LogP contribution in [0.5, 0.6) is 0 Å². The topological polar surface area (TPSA) is 89.4 Å². The molecule has 9 heteroatoms. The van der Waals surface area contributed by atoms with E-state index >= 15 is 0 Å². The molecule has 31 heavy (non-hydrogen) atoms. The van der Waals surface area contributed by atoms with Crippen molar-refractivity contribution in [2.75, 3.05) is 18.0 Å². The number of amides is 1. The van der Waals surface area contributed by atoms with Crippen LogP contribution in [0, 0.1) is 5.41 Å². The minimum atomic E-state index is -0.0758. The molecule has 3 aliphatic heterocycles. The quantitative estimate of drug-likeness (QED) is 0.641. The number of hydrogen-bond acceptors (Lipinski definition) is 6. The van der Waals surface area contributed by atoms with Gasteiger partial charge in [0.05, 0.1) is 5.52 Å². The van der Waals surface area contributed by atoms with Crippen molar-refractivity contribution < 1.29 is 9.32 Å². The average molecular weight is 425 g/mol. The SMILES string of the molecule is Cn1c(=O)n(CC(C)(C)C)c2ccc(N3C[C@@H]4CCC3CN4C(=O)c3ccon3)nc21. The molecule has 3 aromatic heterocycles. The van der Waals surface area contributed by atoms with Gasteiger partial charge in [-0.25, -0.2) is 9.78 Å². The second-order valence-corrected chi connectivity index (χ2v) is 9.88. The van der Waals surface area contributed by atoms with Gasteiger partial charge in [-0.05, 0) is 30.4 Å². The van der Waals surface area contributed by atoms with E-state index in [2.05, 4.69) is 30.8 Å². The van der Waals surface area contributed by atoms with Crippen LogP contribution in [0.15, 0.2) is 33.8 Å². The summed E-state index contributed by atoms with van der Waals surface area (Å²) >= 11 is 0. The average Bonchev–Trinajstić information content (AvgIpc) is 3.36. The van der Waals surface area contributed by atoms with Crippen LogP contribution in [-0.4, -0.2) is 55.3 Å². The molecule has 1 unspecified atom stereocenters. The Kier molecular flexibility index (Phi) is 4.46. The second kappa shape index (κ2) is 6.96. The summed E-state index contributed by atoms with van der Waals surface area (Å²) in [6.45, 7) is 8.37. The van der Waals surface area contributed by atoms with Crippen LogP contribution in [0.25, 0.3) is 11.2 Å². The lowest BCUT2D eigenvalue weighted by Gasteiger charge is -2.51. The molecule has 0 aromatic carbocycles. The number of aryl methyl sites for hydroxylation is 1. The summed E-state index contributed by atoms with van der Waals surface area (Å²) in [5.41, 5.74) is 1.86. The first kappa shape index (κ1) is 19.8. The first-order valence-corrected chi connectivity index (χ1v) is 10.8. The summed E-state index contributed by atoms with van der Waals surface area (Å²) in [6.07, 6.45) is 3.40. The van der Waals surface area contributed by atoms with Gasteiger partial charge >= 0.3 is 5.69 Å². The van der Waals surface area contributed by atoms with Gasteiger partial charge in [0.25, 0.3) is 5.91 Å². The highest BCUT2D eigenvalue weighted by molar-refractivity contribution is 5.92. The van der Waals surface area contributed by atoms with Crippen molar-refractivity contribution in [1.29, 1.82) is 0 Å². The summed E-state index contributed by atoms with van der Waals surface area (Å²) in [5.74, 6) is 0.785. The molecule has 3 fully saturated rings. The number of piperidine rings is 2. The lowest BCUT2D eigenvalue weighted by atomic mass is 9.90. The molecule has 2 atom stereocenters. The molecule has 0 radical (unpaired) electrons. The summed E-state index contributed by atoms with van der Waals surface area (Å²) < 4.78 is 8.29. The Balaban J connectivity index is 1.44. The number of pyridine rings is 1. The highest BCUT2D eigenvalue weighted by atomic mass is 16.5. The lowest BCUT2D eigenvalue weighted by molar-refractivity contribution is 0.0494. The predicted octanol–water partition coefficient (Wildman–Crippen LogP) is 2.26. The van der Waals surface area contributed by atoms with Crippen molar-refractivity contribution in [2.24, 2.45) is 12.5 Å². The Morgan fingerprint density at radius 3 is 2.58 bits per heavy atom. The molecule has 6 rings (SSSR count). The molecule has 9 nitrogen and oxygen atoms in total. The summed E-state index contributed by atoms with van der Waals surface area (Å²) in [5, 5.41) is 3.80. The van der Waals surface area contributed by atoms with Crippen LogP contribution in [0.4, 0.5) is 5.82 Å². The molecular weight excluding hydrogens is 396 g/mol. The van der Waals surface area contributed by atoms with Crippen LogP contribution in [0.2, 0.25) is 0 Å². The third kappa shape index (κ3) is 3.32. The molecule has 0 N–H and O–H groups in total. The Morgan fingerprint density at radius 2 is 1.94 bits per heavy atom. The zero-order chi connectivity index (χ0) is 21.9. The van der Waals surface area contributed by atoms with E-state index in [1.165, 1.54) is 6.26 Å². The first-order valence-electron chi connectivity index (χ1n) is 10.8. The minimum absolute atomic E-state index is 0.0113. The molecule has 3 aromatic rings. The number of carbonyl (C=O) groups is 1. The maximum Gasteiger partial charge on any atom is 0.330 e. The van der Waals surface area contributed by atoms with Crippen LogP contribution in [0.1, 0.15) is 44.1 Å². The fourth-order valence-corrected chi connectivity index (χ4v) is 4.88. The Labute approximate surface area is 180 Å². The predicted molar refractivity (Wildman–Crippen MR) is 116 cm³/mol. The van der Waals surface area contributed by atoms with Gasteiger partial charge in [0.1, 0.15) is 12.1 Å². The monoisotopic (exact) mass is 424 g/mol. The van der Waals surface area contributed by atoms with E-state index in [1.54, 1.807) is 17.7 Å². The van der Waals surface area contributed by atoms with E-state index < -0.39 is 0 Å². The number of imidazole rings is 1. The van der Waals surface area contributed by atoms with Crippen molar-refractivity contribution in [3.05, 3.63) is 40.6 Å². The largest absolute Gasteiger partial charge is 0.364 e. The standard InChI is InChI=1S/C22H28N6O3/c1-22(2,3)13-28-17-7-8-18(23-19(17)25(4)21(28)30)26-11-15-6-5-14(26)12-27(15)20(29)16-9-10-31-24-16/h7-10,14-15H,5-6,11-13H2,1-4H3/t14?,15-/m0/s1. The molecule has 3 aliphatic rings. The molecule has 0 spiro atoms. The lowest BCUT2D eigenvalue weighted by Crippen LogP contribution is -2.64. The van der Waals surface area contributed by atoms with E-state index in [0.29, 0.717) is 24.4 Å². The van der Waals surface area contributed by atoms with Crippen LogP contribution < -0.4 is 10.6 Å². The van der Waals surface area contributed by atoms with Crippen molar-refractivity contribution in [3.8, 4) is 0 Å². The highest BCUT2D eigenvalue weighted by Gasteiger charge is 2.42. The van der Waals surface area contributed by atoms with Gasteiger partial charge in [-0.15, -0.1) is 0 Å². The number of anilines is 1. The van der Waals surface area contributed by atoms with E-state index in [0.717, 1.165) is 30.7 Å². The fourth-order valence-electron chi connectivity index (χ4n) is 4.88. The number of piperazine rings is 1. The summed E-state index contributed by atoms with van der Waals surface area (Å²) in [6, 6.07) is 5.93. The minimum Gasteiger partial charge on any atom is -0.364 e. The number of carbonyl (C=O) groups excluding carboxylic acids is 1. The zero-order valence-electron chi connectivity index (χ0n) is 18.4. The van der Waals surface area contributed by atoms with Crippen molar-refractivity contribution in [1.82, 2.24) is 24.2 Å². The fraction of sp³-hybridized carbons (Fsp3) is 0.545. The number of rotatable bonds is 3. The van der Waals surface area contributed by atoms with Crippen LogP contribution in [-0.2, 0) is 13.6 Å². The van der Waals surface area contributed by atoms with Gasteiger partial charge in [0, 0.05) is 44.8 Å². The number of fused-ring (bicyclic) bond motifs is 4.